The van der Waals surface area contributed by atoms with Crippen molar-refractivity contribution < 1.29 is 23.5 Å². The van der Waals surface area contributed by atoms with Crippen molar-refractivity contribution in [3.05, 3.63) is 77.0 Å². The third kappa shape index (κ3) is 3.58. The summed E-state index contributed by atoms with van der Waals surface area (Å²) in [4.78, 5) is 38.4. The lowest BCUT2D eigenvalue weighted by Gasteiger charge is -2.26. The Bertz CT molecular complexity index is 1180. The van der Waals surface area contributed by atoms with Gasteiger partial charge < -0.3 is 9.15 Å². The third-order valence-electron chi connectivity index (χ3n) is 4.48. The van der Waals surface area contributed by atoms with E-state index in [2.05, 4.69) is 5.32 Å². The molecule has 30 heavy (non-hydrogen) atoms. The first-order valence-corrected chi connectivity index (χ1v) is 9.26. The lowest BCUT2D eigenvalue weighted by atomic mass is 10.1. The fraction of sp³-hybridized carbons (Fsp3) is 0.0455. The van der Waals surface area contributed by atoms with Crippen LogP contribution in [0.2, 0.25) is 5.02 Å². The molecule has 4 amide bonds. The van der Waals surface area contributed by atoms with Gasteiger partial charge in [-0.1, -0.05) is 23.7 Å². The number of nitrogens with zero attached hydrogens (tertiary/aromatic N) is 1. The van der Waals surface area contributed by atoms with Crippen LogP contribution in [0.4, 0.5) is 10.5 Å². The molecule has 1 aliphatic rings. The zero-order valence-electron chi connectivity index (χ0n) is 15.7. The lowest BCUT2D eigenvalue weighted by molar-refractivity contribution is -0.122. The molecular weight excluding hydrogens is 408 g/mol. The van der Waals surface area contributed by atoms with Crippen molar-refractivity contribution in [3.63, 3.8) is 0 Å². The molecule has 2 heterocycles. The van der Waals surface area contributed by atoms with E-state index < -0.39 is 17.8 Å². The van der Waals surface area contributed by atoms with Crippen molar-refractivity contribution in [2.75, 3.05) is 12.0 Å². The van der Waals surface area contributed by atoms with Crippen molar-refractivity contribution in [2.24, 2.45) is 0 Å². The molecule has 0 atom stereocenters. The summed E-state index contributed by atoms with van der Waals surface area (Å²) in [7, 11) is 1.51. The number of methoxy groups -OCH3 is 1. The topological polar surface area (TPSA) is 88.8 Å². The number of anilines is 1. The molecule has 1 saturated heterocycles. The Labute approximate surface area is 176 Å². The first-order valence-electron chi connectivity index (χ1n) is 8.88. The second kappa shape index (κ2) is 7.88. The number of furan rings is 1. The van der Waals surface area contributed by atoms with Crippen molar-refractivity contribution >= 4 is 41.2 Å². The van der Waals surface area contributed by atoms with Gasteiger partial charge in [0.15, 0.2) is 0 Å². The number of hydrogen-bond acceptors (Lipinski definition) is 5. The second-order valence-electron chi connectivity index (χ2n) is 6.34. The van der Waals surface area contributed by atoms with Gasteiger partial charge in [-0.05, 0) is 54.6 Å². The number of ether oxygens (including phenoxy) is 1. The largest absolute Gasteiger partial charge is 0.497 e. The van der Waals surface area contributed by atoms with E-state index in [0.717, 1.165) is 4.90 Å². The molecule has 1 fully saturated rings. The van der Waals surface area contributed by atoms with Gasteiger partial charge in [0, 0.05) is 5.56 Å². The van der Waals surface area contributed by atoms with Gasteiger partial charge in [0.2, 0.25) is 0 Å². The highest BCUT2D eigenvalue weighted by molar-refractivity contribution is 6.39. The van der Waals surface area contributed by atoms with Crippen LogP contribution in [0.3, 0.4) is 0 Å². The van der Waals surface area contributed by atoms with E-state index in [9.17, 15) is 14.4 Å². The minimum Gasteiger partial charge on any atom is -0.497 e. The predicted octanol–water partition coefficient (Wildman–Crippen LogP) is 4.28. The standard InChI is InChI=1S/C22H15ClN2O5/c1-29-14-8-6-13(7-9-14)25-21(27)17(20(26)24-22(25)28)12-15-10-11-19(30-15)16-4-2-3-5-18(16)23/h2-12H,1H3,(H,24,26,28). The summed E-state index contributed by atoms with van der Waals surface area (Å²) in [5, 5.41) is 2.68. The molecule has 1 N–H and O–H groups in total. The number of halogens is 1. The smallest absolute Gasteiger partial charge is 0.335 e. The summed E-state index contributed by atoms with van der Waals surface area (Å²) >= 11 is 6.18. The molecule has 0 unspecified atom stereocenters. The van der Waals surface area contributed by atoms with E-state index in [1.165, 1.54) is 13.2 Å². The maximum absolute atomic E-state index is 12.9. The average molecular weight is 423 g/mol. The van der Waals surface area contributed by atoms with Crippen molar-refractivity contribution in [3.8, 4) is 17.1 Å². The molecule has 3 aromatic rings. The molecule has 1 aromatic heterocycles. The molecule has 0 aliphatic carbocycles. The fourth-order valence-electron chi connectivity index (χ4n) is 3.00. The highest BCUT2D eigenvalue weighted by Gasteiger charge is 2.37. The van der Waals surface area contributed by atoms with E-state index in [0.29, 0.717) is 27.8 Å². The molecule has 8 heteroatoms. The highest BCUT2D eigenvalue weighted by atomic mass is 35.5. The summed E-state index contributed by atoms with van der Waals surface area (Å²) in [6.07, 6.45) is 1.29. The van der Waals surface area contributed by atoms with E-state index in [-0.39, 0.29) is 11.3 Å². The summed E-state index contributed by atoms with van der Waals surface area (Å²) in [6, 6.07) is 15.9. The van der Waals surface area contributed by atoms with Gasteiger partial charge in [-0.25, -0.2) is 9.69 Å². The van der Waals surface area contributed by atoms with Crippen molar-refractivity contribution in [1.82, 2.24) is 5.32 Å². The van der Waals surface area contributed by atoms with Crippen LogP contribution in [0.1, 0.15) is 5.76 Å². The number of carbonyl (C=O) groups is 3. The summed E-state index contributed by atoms with van der Waals surface area (Å²) in [5.74, 6) is -0.236. The zero-order chi connectivity index (χ0) is 21.3. The lowest BCUT2D eigenvalue weighted by Crippen LogP contribution is -2.54. The normalized spacial score (nSPS) is 15.5. The molecule has 1 aliphatic heterocycles. The van der Waals surface area contributed by atoms with Crippen LogP contribution in [0.25, 0.3) is 17.4 Å². The van der Waals surface area contributed by atoms with Crippen molar-refractivity contribution in [2.45, 2.75) is 0 Å². The Kier molecular flexibility index (Phi) is 5.12. The van der Waals surface area contributed by atoms with E-state index in [4.69, 9.17) is 20.8 Å². The molecule has 0 saturated carbocycles. The van der Waals surface area contributed by atoms with Crippen LogP contribution in [0, 0.1) is 0 Å². The molecule has 150 valence electrons. The van der Waals surface area contributed by atoms with Crippen LogP contribution >= 0.6 is 11.6 Å². The predicted molar refractivity (Wildman–Crippen MR) is 111 cm³/mol. The highest BCUT2D eigenvalue weighted by Crippen LogP contribution is 2.30. The van der Waals surface area contributed by atoms with Crippen LogP contribution in [0.15, 0.2) is 70.7 Å². The number of rotatable bonds is 4. The molecule has 2 aromatic carbocycles. The Morgan fingerprint density at radius 1 is 1.00 bits per heavy atom. The minimum atomic E-state index is -0.830. The van der Waals surface area contributed by atoms with Gasteiger partial charge in [0.25, 0.3) is 11.8 Å². The van der Waals surface area contributed by atoms with Gasteiger partial charge >= 0.3 is 6.03 Å². The maximum atomic E-state index is 12.9. The Morgan fingerprint density at radius 3 is 2.43 bits per heavy atom. The van der Waals surface area contributed by atoms with Crippen LogP contribution in [-0.2, 0) is 9.59 Å². The zero-order valence-corrected chi connectivity index (χ0v) is 16.5. The minimum absolute atomic E-state index is 0.231. The fourth-order valence-corrected chi connectivity index (χ4v) is 3.23. The number of benzene rings is 2. The maximum Gasteiger partial charge on any atom is 0.335 e. The Balaban J connectivity index is 1.67. The van der Waals surface area contributed by atoms with Crippen LogP contribution < -0.4 is 15.0 Å². The quantitative estimate of drug-likeness (QED) is 0.501. The van der Waals surface area contributed by atoms with Crippen LogP contribution in [0.5, 0.6) is 5.75 Å². The number of nitrogens with one attached hydrogen (secondary N) is 1. The molecule has 0 bridgehead atoms. The number of imide groups is 2. The summed E-state index contributed by atoms with van der Waals surface area (Å²) in [6.45, 7) is 0. The second-order valence-corrected chi connectivity index (χ2v) is 6.74. The summed E-state index contributed by atoms with van der Waals surface area (Å²) in [5.41, 5.74) is 0.747. The third-order valence-corrected chi connectivity index (χ3v) is 4.81. The van der Waals surface area contributed by atoms with Gasteiger partial charge in [0.05, 0.1) is 17.8 Å². The van der Waals surface area contributed by atoms with Gasteiger partial charge in [-0.15, -0.1) is 0 Å². The van der Waals surface area contributed by atoms with E-state index >= 15 is 0 Å². The number of urea groups is 1. The van der Waals surface area contributed by atoms with E-state index in [1.807, 2.05) is 6.07 Å². The number of carbonyl (C=O) groups excluding carboxylic acids is 3. The monoisotopic (exact) mass is 422 g/mol. The molecule has 4 rings (SSSR count). The first kappa shape index (κ1) is 19.5. The molecule has 0 radical (unpaired) electrons. The number of hydrogen-bond donors (Lipinski definition) is 1. The van der Waals surface area contributed by atoms with Crippen LogP contribution in [-0.4, -0.2) is 25.0 Å². The number of barbiturate groups is 1. The van der Waals surface area contributed by atoms with E-state index in [1.54, 1.807) is 54.6 Å². The average Bonchev–Trinajstić information content (AvgIpc) is 3.20. The van der Waals surface area contributed by atoms with Gasteiger partial charge in [-0.2, -0.15) is 0 Å². The SMILES string of the molecule is COc1ccc(N2C(=O)NC(=O)C(=Cc3ccc(-c4ccccc4Cl)o3)C2=O)cc1. The molecule has 0 spiro atoms. The molecule has 7 nitrogen and oxygen atoms in total. The van der Waals surface area contributed by atoms with Gasteiger partial charge in [-0.3, -0.25) is 14.9 Å². The van der Waals surface area contributed by atoms with Gasteiger partial charge in [0.1, 0.15) is 22.8 Å². The summed E-state index contributed by atoms with van der Waals surface area (Å²) < 4.78 is 10.8. The number of amides is 4. The first-order chi connectivity index (χ1) is 14.5. The molecular formula is C22H15ClN2O5. The Hall–Kier alpha value is -3.84. The Morgan fingerprint density at radius 2 is 1.73 bits per heavy atom. The van der Waals surface area contributed by atoms with Crippen molar-refractivity contribution in [1.29, 1.82) is 0 Å².